The summed E-state index contributed by atoms with van der Waals surface area (Å²) in [5.41, 5.74) is 1.93. The van der Waals surface area contributed by atoms with Crippen LogP contribution in [0.25, 0.3) is 0 Å². The highest BCUT2D eigenvalue weighted by molar-refractivity contribution is 5.97. The predicted molar refractivity (Wildman–Crippen MR) is 99.1 cm³/mol. The molecule has 0 saturated carbocycles. The number of nitrogens with zero attached hydrogens (tertiary/aromatic N) is 1. The van der Waals surface area contributed by atoms with Crippen molar-refractivity contribution in [2.24, 2.45) is 0 Å². The number of hydrogen-bond acceptors (Lipinski definition) is 3. The molecule has 1 fully saturated rings. The molecule has 2 aromatic carbocycles. The van der Waals surface area contributed by atoms with E-state index in [1.807, 2.05) is 6.07 Å². The molecule has 0 spiro atoms. The third-order valence-corrected chi connectivity index (χ3v) is 4.25. The maximum absolute atomic E-state index is 12.2. The van der Waals surface area contributed by atoms with Gasteiger partial charge >= 0.3 is 0 Å². The van der Waals surface area contributed by atoms with Crippen LogP contribution in [-0.2, 0) is 4.79 Å². The molecular weight excluding hydrogens is 330 g/mol. The molecule has 1 aliphatic heterocycles. The number of carbonyl (C=O) groups excluding carboxylic acids is 3. The second-order valence-corrected chi connectivity index (χ2v) is 6.07. The molecule has 6 nitrogen and oxygen atoms in total. The van der Waals surface area contributed by atoms with Gasteiger partial charge in [-0.15, -0.1) is 0 Å². The van der Waals surface area contributed by atoms with Gasteiger partial charge in [0, 0.05) is 42.9 Å². The van der Waals surface area contributed by atoms with E-state index in [4.69, 9.17) is 0 Å². The van der Waals surface area contributed by atoms with E-state index in [9.17, 15) is 14.4 Å². The number of benzene rings is 2. The topological polar surface area (TPSA) is 78.5 Å². The lowest BCUT2D eigenvalue weighted by atomic mass is 10.2. The summed E-state index contributed by atoms with van der Waals surface area (Å²) in [6, 6.07) is 15.9. The highest BCUT2D eigenvalue weighted by Crippen LogP contribution is 2.21. The molecule has 0 atom stereocenters. The SMILES string of the molecule is O=C(NCCNC(=O)c1ccc(N2CCCC2=O)cc1)c1ccccc1. The number of amides is 3. The summed E-state index contributed by atoms with van der Waals surface area (Å²) >= 11 is 0. The van der Waals surface area contributed by atoms with Crippen LogP contribution in [0.3, 0.4) is 0 Å². The first kappa shape index (κ1) is 17.7. The summed E-state index contributed by atoms with van der Waals surface area (Å²) in [4.78, 5) is 37.5. The first-order valence-corrected chi connectivity index (χ1v) is 8.67. The third-order valence-electron chi connectivity index (χ3n) is 4.25. The Bertz CT molecular complexity index is 788. The number of carbonyl (C=O) groups is 3. The van der Waals surface area contributed by atoms with Crippen LogP contribution < -0.4 is 15.5 Å². The quantitative estimate of drug-likeness (QED) is 0.781. The number of rotatable bonds is 6. The Kier molecular flexibility index (Phi) is 5.63. The molecule has 1 saturated heterocycles. The van der Waals surface area contributed by atoms with Crippen LogP contribution in [0.2, 0.25) is 0 Å². The Hall–Kier alpha value is -3.15. The molecule has 0 aliphatic carbocycles. The minimum absolute atomic E-state index is 0.122. The second kappa shape index (κ2) is 8.29. The van der Waals surface area contributed by atoms with Crippen molar-refractivity contribution in [1.29, 1.82) is 0 Å². The third kappa shape index (κ3) is 4.27. The van der Waals surface area contributed by atoms with Gasteiger partial charge in [0.25, 0.3) is 11.8 Å². The van der Waals surface area contributed by atoms with Crippen molar-refractivity contribution in [3.63, 3.8) is 0 Å². The van der Waals surface area contributed by atoms with Crippen molar-refractivity contribution < 1.29 is 14.4 Å². The maximum atomic E-state index is 12.2. The van der Waals surface area contributed by atoms with Gasteiger partial charge in [0.1, 0.15) is 0 Å². The normalized spacial score (nSPS) is 13.5. The zero-order chi connectivity index (χ0) is 18.4. The van der Waals surface area contributed by atoms with Crippen LogP contribution >= 0.6 is 0 Å². The Labute approximate surface area is 152 Å². The van der Waals surface area contributed by atoms with E-state index in [0.29, 0.717) is 30.6 Å². The van der Waals surface area contributed by atoms with Crippen molar-refractivity contribution >= 4 is 23.4 Å². The fourth-order valence-corrected chi connectivity index (χ4v) is 2.86. The molecule has 0 unspecified atom stereocenters. The fourth-order valence-electron chi connectivity index (χ4n) is 2.86. The molecule has 3 rings (SSSR count). The molecule has 6 heteroatoms. The van der Waals surface area contributed by atoms with Gasteiger partial charge in [-0.25, -0.2) is 0 Å². The largest absolute Gasteiger partial charge is 0.350 e. The van der Waals surface area contributed by atoms with E-state index >= 15 is 0 Å². The molecule has 1 heterocycles. The van der Waals surface area contributed by atoms with E-state index in [1.54, 1.807) is 53.4 Å². The van der Waals surface area contributed by atoms with Gasteiger partial charge < -0.3 is 15.5 Å². The molecule has 2 aromatic rings. The van der Waals surface area contributed by atoms with Crippen molar-refractivity contribution in [3.05, 3.63) is 65.7 Å². The van der Waals surface area contributed by atoms with E-state index < -0.39 is 0 Å². The monoisotopic (exact) mass is 351 g/mol. The van der Waals surface area contributed by atoms with Crippen molar-refractivity contribution in [2.45, 2.75) is 12.8 Å². The van der Waals surface area contributed by atoms with Crippen LogP contribution in [0.1, 0.15) is 33.6 Å². The molecule has 0 bridgehead atoms. The highest BCUT2D eigenvalue weighted by Gasteiger charge is 2.21. The number of nitrogens with one attached hydrogen (secondary N) is 2. The Balaban J connectivity index is 1.45. The molecule has 2 N–H and O–H groups in total. The first-order chi connectivity index (χ1) is 12.6. The summed E-state index contributed by atoms with van der Waals surface area (Å²) in [6.07, 6.45) is 1.45. The molecular formula is C20H21N3O3. The minimum atomic E-state index is -0.210. The summed E-state index contributed by atoms with van der Waals surface area (Å²) in [6.45, 7) is 1.41. The average Bonchev–Trinajstić information content (AvgIpc) is 3.11. The minimum Gasteiger partial charge on any atom is -0.350 e. The highest BCUT2D eigenvalue weighted by atomic mass is 16.2. The first-order valence-electron chi connectivity index (χ1n) is 8.67. The average molecular weight is 351 g/mol. The lowest BCUT2D eigenvalue weighted by Gasteiger charge is -2.15. The summed E-state index contributed by atoms with van der Waals surface area (Å²) in [5, 5.41) is 5.53. The molecule has 0 aromatic heterocycles. The van der Waals surface area contributed by atoms with Gasteiger partial charge in [-0.05, 0) is 42.8 Å². The van der Waals surface area contributed by atoms with Crippen LogP contribution in [0, 0.1) is 0 Å². The van der Waals surface area contributed by atoms with E-state index in [-0.39, 0.29) is 17.7 Å². The molecule has 1 aliphatic rings. The Morgan fingerprint density at radius 1 is 0.846 bits per heavy atom. The molecule has 3 amide bonds. The van der Waals surface area contributed by atoms with E-state index in [2.05, 4.69) is 10.6 Å². The molecule has 26 heavy (non-hydrogen) atoms. The van der Waals surface area contributed by atoms with Crippen LogP contribution in [0.4, 0.5) is 5.69 Å². The zero-order valence-corrected chi connectivity index (χ0v) is 14.4. The maximum Gasteiger partial charge on any atom is 0.251 e. The number of hydrogen-bond donors (Lipinski definition) is 2. The summed E-state index contributed by atoms with van der Waals surface area (Å²) in [7, 11) is 0. The van der Waals surface area contributed by atoms with Gasteiger partial charge in [0.05, 0.1) is 0 Å². The second-order valence-electron chi connectivity index (χ2n) is 6.07. The van der Waals surface area contributed by atoms with Crippen molar-refractivity contribution in [2.75, 3.05) is 24.5 Å². The smallest absolute Gasteiger partial charge is 0.251 e. The van der Waals surface area contributed by atoms with Crippen LogP contribution in [0.15, 0.2) is 54.6 Å². The van der Waals surface area contributed by atoms with Gasteiger partial charge in [-0.1, -0.05) is 18.2 Å². The lowest BCUT2D eigenvalue weighted by Crippen LogP contribution is -2.34. The Morgan fingerprint density at radius 2 is 1.42 bits per heavy atom. The zero-order valence-electron chi connectivity index (χ0n) is 14.4. The van der Waals surface area contributed by atoms with E-state index in [0.717, 1.165) is 18.7 Å². The van der Waals surface area contributed by atoms with Gasteiger partial charge in [-0.3, -0.25) is 14.4 Å². The van der Waals surface area contributed by atoms with Crippen LogP contribution in [0.5, 0.6) is 0 Å². The summed E-state index contributed by atoms with van der Waals surface area (Å²) < 4.78 is 0. The number of anilines is 1. The van der Waals surface area contributed by atoms with Gasteiger partial charge in [0.2, 0.25) is 5.91 Å². The predicted octanol–water partition coefficient (Wildman–Crippen LogP) is 1.97. The molecule has 134 valence electrons. The molecule has 0 radical (unpaired) electrons. The Morgan fingerprint density at radius 3 is 1.96 bits per heavy atom. The lowest BCUT2D eigenvalue weighted by molar-refractivity contribution is -0.117. The van der Waals surface area contributed by atoms with Crippen LogP contribution in [-0.4, -0.2) is 37.4 Å². The fraction of sp³-hybridized carbons (Fsp3) is 0.250. The van der Waals surface area contributed by atoms with Crippen molar-refractivity contribution in [1.82, 2.24) is 10.6 Å². The standard InChI is InChI=1S/C20H21N3O3/c24-18-7-4-14-23(18)17-10-8-16(9-11-17)20(26)22-13-12-21-19(25)15-5-2-1-3-6-15/h1-3,5-6,8-11H,4,7,12-14H2,(H,21,25)(H,22,26). The van der Waals surface area contributed by atoms with Gasteiger partial charge in [0.15, 0.2) is 0 Å². The van der Waals surface area contributed by atoms with Crippen molar-refractivity contribution in [3.8, 4) is 0 Å². The van der Waals surface area contributed by atoms with Gasteiger partial charge in [-0.2, -0.15) is 0 Å². The van der Waals surface area contributed by atoms with E-state index in [1.165, 1.54) is 0 Å². The summed E-state index contributed by atoms with van der Waals surface area (Å²) in [5.74, 6) is -0.255.